The zero-order chi connectivity index (χ0) is 7.56. The molecule has 0 radical (unpaired) electrons. The molecule has 1 fully saturated rings. The fourth-order valence-corrected chi connectivity index (χ4v) is 0.951. The van der Waals surface area contributed by atoms with Gasteiger partial charge < -0.3 is 9.47 Å². The molecule has 0 N–H and O–H groups in total. The maximum atomic E-state index is 5.50. The van der Waals surface area contributed by atoms with Crippen molar-refractivity contribution in [3.8, 4) is 0 Å². The molecule has 1 aliphatic heterocycles. The predicted molar refractivity (Wildman–Crippen MR) is 40.0 cm³/mol. The molecule has 10 heavy (non-hydrogen) atoms. The Morgan fingerprint density at radius 1 is 1.00 bits per heavy atom. The number of hydrogen-bond acceptors (Lipinski definition) is 2. The first kappa shape index (κ1) is 8.02. The van der Waals surface area contributed by atoms with Gasteiger partial charge in [-0.1, -0.05) is 6.92 Å². The summed E-state index contributed by atoms with van der Waals surface area (Å²) in [6.45, 7) is 7.88. The average Bonchev–Trinajstić information content (AvgIpc) is 2.04. The number of rotatable bonds is 0. The third kappa shape index (κ3) is 1.96. The second kappa shape index (κ2) is 3.35. The minimum absolute atomic E-state index is 0.271. The predicted octanol–water partition coefficient (Wildman–Crippen LogP) is 1.45. The fourth-order valence-electron chi connectivity index (χ4n) is 0.951. The quantitative estimate of drug-likeness (QED) is 0.512. The first-order valence-electron chi connectivity index (χ1n) is 3.93. The standard InChI is InChI=1S/C8H16O2/c1-6-4-9-7(2)5-10-8(6)3/h6-8H,4-5H2,1-3H3. The Morgan fingerprint density at radius 3 is 2.40 bits per heavy atom. The van der Waals surface area contributed by atoms with Gasteiger partial charge in [0.15, 0.2) is 0 Å². The first-order valence-corrected chi connectivity index (χ1v) is 3.93. The van der Waals surface area contributed by atoms with Crippen LogP contribution in [0.4, 0.5) is 0 Å². The zero-order valence-electron chi connectivity index (χ0n) is 6.96. The van der Waals surface area contributed by atoms with E-state index in [1.165, 1.54) is 0 Å². The molecule has 1 aliphatic rings. The summed E-state index contributed by atoms with van der Waals surface area (Å²) in [4.78, 5) is 0. The third-order valence-electron chi connectivity index (χ3n) is 2.04. The van der Waals surface area contributed by atoms with E-state index < -0.39 is 0 Å². The summed E-state index contributed by atoms with van der Waals surface area (Å²) in [5, 5.41) is 0. The van der Waals surface area contributed by atoms with Crippen LogP contribution in [-0.2, 0) is 9.47 Å². The van der Waals surface area contributed by atoms with Crippen molar-refractivity contribution in [3.63, 3.8) is 0 Å². The van der Waals surface area contributed by atoms with Crippen molar-refractivity contribution in [1.82, 2.24) is 0 Å². The van der Waals surface area contributed by atoms with Crippen LogP contribution in [0.15, 0.2) is 0 Å². The lowest BCUT2D eigenvalue weighted by atomic mass is 10.1. The lowest BCUT2D eigenvalue weighted by molar-refractivity contribution is 0.0197. The van der Waals surface area contributed by atoms with Crippen LogP contribution in [0.3, 0.4) is 0 Å². The van der Waals surface area contributed by atoms with E-state index in [4.69, 9.17) is 9.47 Å². The van der Waals surface area contributed by atoms with E-state index in [0.29, 0.717) is 12.0 Å². The van der Waals surface area contributed by atoms with Crippen LogP contribution in [-0.4, -0.2) is 25.4 Å². The Morgan fingerprint density at radius 2 is 1.70 bits per heavy atom. The molecule has 1 heterocycles. The topological polar surface area (TPSA) is 18.5 Å². The van der Waals surface area contributed by atoms with E-state index in [9.17, 15) is 0 Å². The molecule has 0 aromatic rings. The molecule has 0 bridgehead atoms. The van der Waals surface area contributed by atoms with Crippen LogP contribution in [0.25, 0.3) is 0 Å². The van der Waals surface area contributed by atoms with Gasteiger partial charge in [-0.25, -0.2) is 0 Å². The molecule has 0 saturated carbocycles. The highest BCUT2D eigenvalue weighted by Gasteiger charge is 2.19. The molecular weight excluding hydrogens is 128 g/mol. The highest BCUT2D eigenvalue weighted by Crippen LogP contribution is 2.13. The SMILES string of the molecule is CC1COC(C)C(C)CO1. The van der Waals surface area contributed by atoms with Gasteiger partial charge >= 0.3 is 0 Å². The van der Waals surface area contributed by atoms with Crippen LogP contribution < -0.4 is 0 Å². The van der Waals surface area contributed by atoms with E-state index in [0.717, 1.165) is 13.2 Å². The fraction of sp³-hybridized carbons (Fsp3) is 1.00. The smallest absolute Gasteiger partial charge is 0.0780 e. The van der Waals surface area contributed by atoms with Gasteiger partial charge in [0.2, 0.25) is 0 Å². The van der Waals surface area contributed by atoms with Crippen molar-refractivity contribution >= 4 is 0 Å². The lowest BCUT2D eigenvalue weighted by Crippen LogP contribution is -2.18. The van der Waals surface area contributed by atoms with Gasteiger partial charge in [0, 0.05) is 5.92 Å². The van der Waals surface area contributed by atoms with Crippen molar-refractivity contribution in [1.29, 1.82) is 0 Å². The van der Waals surface area contributed by atoms with Crippen molar-refractivity contribution in [2.24, 2.45) is 5.92 Å². The van der Waals surface area contributed by atoms with E-state index >= 15 is 0 Å². The molecule has 2 nitrogen and oxygen atoms in total. The summed E-state index contributed by atoms with van der Waals surface area (Å²) in [6.07, 6.45) is 0.623. The highest BCUT2D eigenvalue weighted by molar-refractivity contribution is 4.65. The normalized spacial score (nSPS) is 42.9. The van der Waals surface area contributed by atoms with Gasteiger partial charge in [-0.05, 0) is 13.8 Å². The minimum Gasteiger partial charge on any atom is -0.376 e. The minimum atomic E-state index is 0.271. The maximum absolute atomic E-state index is 5.50. The summed E-state index contributed by atoms with van der Waals surface area (Å²) in [6, 6.07) is 0. The van der Waals surface area contributed by atoms with E-state index in [1.54, 1.807) is 0 Å². The molecule has 0 aromatic heterocycles. The Bertz CT molecular complexity index is 91.4. The van der Waals surface area contributed by atoms with Crippen LogP contribution in [0.2, 0.25) is 0 Å². The molecule has 0 aromatic carbocycles. The van der Waals surface area contributed by atoms with E-state index in [1.807, 2.05) is 6.92 Å². The summed E-state index contributed by atoms with van der Waals surface area (Å²) in [5.74, 6) is 0.532. The monoisotopic (exact) mass is 144 g/mol. The molecule has 3 unspecified atom stereocenters. The first-order chi connectivity index (χ1) is 4.70. The zero-order valence-corrected chi connectivity index (χ0v) is 6.96. The van der Waals surface area contributed by atoms with Gasteiger partial charge in [-0.15, -0.1) is 0 Å². The Hall–Kier alpha value is -0.0800. The summed E-state index contributed by atoms with van der Waals surface area (Å²) < 4.78 is 11.0. The molecular formula is C8H16O2. The van der Waals surface area contributed by atoms with Crippen LogP contribution in [0.5, 0.6) is 0 Å². The Kier molecular flexibility index (Phi) is 2.69. The van der Waals surface area contributed by atoms with Gasteiger partial charge in [0.05, 0.1) is 25.4 Å². The maximum Gasteiger partial charge on any atom is 0.0780 e. The van der Waals surface area contributed by atoms with Crippen LogP contribution in [0, 0.1) is 5.92 Å². The number of ether oxygens (including phenoxy) is 2. The second-order valence-corrected chi connectivity index (χ2v) is 3.16. The van der Waals surface area contributed by atoms with E-state index in [2.05, 4.69) is 13.8 Å². The van der Waals surface area contributed by atoms with Gasteiger partial charge in [-0.2, -0.15) is 0 Å². The Balaban J connectivity index is 2.38. The summed E-state index contributed by atoms with van der Waals surface area (Å²) in [7, 11) is 0. The summed E-state index contributed by atoms with van der Waals surface area (Å²) in [5.41, 5.74) is 0. The van der Waals surface area contributed by atoms with E-state index in [-0.39, 0.29) is 6.10 Å². The molecule has 0 aliphatic carbocycles. The van der Waals surface area contributed by atoms with Gasteiger partial charge in [-0.3, -0.25) is 0 Å². The van der Waals surface area contributed by atoms with Gasteiger partial charge in [0.1, 0.15) is 0 Å². The average molecular weight is 144 g/mol. The van der Waals surface area contributed by atoms with Gasteiger partial charge in [0.25, 0.3) is 0 Å². The third-order valence-corrected chi connectivity index (χ3v) is 2.04. The van der Waals surface area contributed by atoms with Crippen LogP contribution >= 0.6 is 0 Å². The van der Waals surface area contributed by atoms with Crippen molar-refractivity contribution in [3.05, 3.63) is 0 Å². The molecule has 1 rings (SSSR count). The second-order valence-electron chi connectivity index (χ2n) is 3.16. The summed E-state index contributed by atoms with van der Waals surface area (Å²) >= 11 is 0. The molecule has 0 amide bonds. The molecule has 2 heteroatoms. The highest BCUT2D eigenvalue weighted by atomic mass is 16.5. The molecule has 0 spiro atoms. The van der Waals surface area contributed by atoms with Crippen molar-refractivity contribution in [2.75, 3.05) is 13.2 Å². The number of hydrogen-bond donors (Lipinski definition) is 0. The van der Waals surface area contributed by atoms with Crippen LogP contribution in [0.1, 0.15) is 20.8 Å². The lowest BCUT2D eigenvalue weighted by Gasteiger charge is -2.14. The Labute approximate surface area is 62.5 Å². The van der Waals surface area contributed by atoms with Crippen molar-refractivity contribution < 1.29 is 9.47 Å². The molecule has 1 saturated heterocycles. The molecule has 60 valence electrons. The van der Waals surface area contributed by atoms with Crippen molar-refractivity contribution in [2.45, 2.75) is 33.0 Å². The molecule has 3 atom stereocenters. The largest absolute Gasteiger partial charge is 0.376 e.